The molecule has 0 fully saturated rings. The molecule has 126 valence electrons. The second-order valence-corrected chi connectivity index (χ2v) is 5.59. The highest BCUT2D eigenvalue weighted by Crippen LogP contribution is 2.19. The van der Waals surface area contributed by atoms with Gasteiger partial charge in [-0.25, -0.2) is 4.79 Å². The third-order valence-corrected chi connectivity index (χ3v) is 3.63. The zero-order valence-corrected chi connectivity index (χ0v) is 14.2. The zero-order valence-electron chi connectivity index (χ0n) is 14.2. The minimum Gasteiger partial charge on any atom is -0.494 e. The van der Waals surface area contributed by atoms with E-state index in [4.69, 9.17) is 9.47 Å². The van der Waals surface area contributed by atoms with E-state index in [2.05, 4.69) is 13.5 Å². The number of unbranched alkanes of at least 4 members (excludes halogenated alkanes) is 1. The fraction of sp³-hybridized carbons (Fsp3) is 0.286. The van der Waals surface area contributed by atoms with Gasteiger partial charge in [-0.1, -0.05) is 31.6 Å². The first-order valence-corrected chi connectivity index (χ1v) is 8.38. The molecule has 0 amide bonds. The number of benzene rings is 2. The molecule has 2 aromatic carbocycles. The summed E-state index contributed by atoms with van der Waals surface area (Å²) in [5.41, 5.74) is 1.72. The van der Waals surface area contributed by atoms with Gasteiger partial charge in [0.25, 0.3) is 0 Å². The summed E-state index contributed by atoms with van der Waals surface area (Å²) in [6.45, 7) is 6.54. The number of carbonyl (C=O) groups is 1. The van der Waals surface area contributed by atoms with E-state index in [1.807, 2.05) is 30.3 Å². The van der Waals surface area contributed by atoms with Crippen molar-refractivity contribution >= 4 is 5.97 Å². The molecule has 2 aromatic rings. The molecule has 0 aliphatic heterocycles. The van der Waals surface area contributed by atoms with Gasteiger partial charge in [0.05, 0.1) is 12.2 Å². The fourth-order valence-electron chi connectivity index (χ4n) is 2.18. The standard InChI is InChI=1S/C21H24O3/c1-3-5-7-17-8-10-18(11-9-17)21(22)24-20-14-12-19(13-15-20)23-16-6-4-2/h3,8-15H,1,4-7,16H2,2H3. The molecule has 0 aliphatic carbocycles. The minimum atomic E-state index is -0.357. The molecule has 0 bridgehead atoms. The highest BCUT2D eigenvalue weighted by Gasteiger charge is 2.08. The Labute approximate surface area is 143 Å². The van der Waals surface area contributed by atoms with Crippen LogP contribution in [0.2, 0.25) is 0 Å². The average molecular weight is 324 g/mol. The summed E-state index contributed by atoms with van der Waals surface area (Å²) < 4.78 is 11.0. The van der Waals surface area contributed by atoms with Crippen molar-refractivity contribution in [1.82, 2.24) is 0 Å². The number of hydrogen-bond donors (Lipinski definition) is 0. The Morgan fingerprint density at radius 2 is 1.71 bits per heavy atom. The van der Waals surface area contributed by atoms with Crippen LogP contribution >= 0.6 is 0 Å². The summed E-state index contributed by atoms with van der Waals surface area (Å²) in [5, 5.41) is 0. The van der Waals surface area contributed by atoms with E-state index in [1.54, 1.807) is 24.3 Å². The van der Waals surface area contributed by atoms with Gasteiger partial charge >= 0.3 is 5.97 Å². The molecular weight excluding hydrogens is 300 g/mol. The number of esters is 1. The minimum absolute atomic E-state index is 0.357. The van der Waals surface area contributed by atoms with Crippen LogP contribution in [0.15, 0.2) is 61.2 Å². The number of allylic oxidation sites excluding steroid dienone is 1. The number of aryl methyl sites for hydroxylation is 1. The first-order chi connectivity index (χ1) is 11.7. The van der Waals surface area contributed by atoms with Crippen LogP contribution in [0.4, 0.5) is 0 Å². The lowest BCUT2D eigenvalue weighted by atomic mass is 10.1. The Bertz CT molecular complexity index is 642. The maximum absolute atomic E-state index is 12.2. The van der Waals surface area contributed by atoms with Crippen molar-refractivity contribution in [3.8, 4) is 11.5 Å². The lowest BCUT2D eigenvalue weighted by Crippen LogP contribution is -2.08. The van der Waals surface area contributed by atoms with Crippen LogP contribution in [-0.4, -0.2) is 12.6 Å². The molecule has 0 aromatic heterocycles. The number of rotatable bonds is 9. The van der Waals surface area contributed by atoms with E-state index >= 15 is 0 Å². The lowest BCUT2D eigenvalue weighted by Gasteiger charge is -2.08. The van der Waals surface area contributed by atoms with Gasteiger partial charge in [-0.05, 0) is 61.2 Å². The largest absolute Gasteiger partial charge is 0.494 e. The molecule has 3 nitrogen and oxygen atoms in total. The van der Waals surface area contributed by atoms with Crippen molar-refractivity contribution in [2.45, 2.75) is 32.6 Å². The third kappa shape index (κ3) is 5.58. The van der Waals surface area contributed by atoms with Crippen LogP contribution < -0.4 is 9.47 Å². The summed E-state index contributed by atoms with van der Waals surface area (Å²) in [5.74, 6) is 0.943. The van der Waals surface area contributed by atoms with Gasteiger partial charge in [-0.3, -0.25) is 0 Å². The quantitative estimate of drug-likeness (QED) is 0.275. The first-order valence-electron chi connectivity index (χ1n) is 8.38. The molecule has 0 heterocycles. The predicted molar refractivity (Wildman–Crippen MR) is 96.8 cm³/mol. The molecule has 0 radical (unpaired) electrons. The van der Waals surface area contributed by atoms with Crippen molar-refractivity contribution < 1.29 is 14.3 Å². The SMILES string of the molecule is C=CCCc1ccc(C(=O)Oc2ccc(OCCCC)cc2)cc1. The maximum atomic E-state index is 12.2. The lowest BCUT2D eigenvalue weighted by molar-refractivity contribution is 0.0734. The second-order valence-electron chi connectivity index (χ2n) is 5.59. The van der Waals surface area contributed by atoms with Gasteiger partial charge in [0, 0.05) is 0 Å². The smallest absolute Gasteiger partial charge is 0.343 e. The van der Waals surface area contributed by atoms with E-state index in [1.165, 1.54) is 5.56 Å². The summed E-state index contributed by atoms with van der Waals surface area (Å²) >= 11 is 0. The molecule has 24 heavy (non-hydrogen) atoms. The van der Waals surface area contributed by atoms with E-state index in [-0.39, 0.29) is 5.97 Å². The molecule has 0 saturated carbocycles. The van der Waals surface area contributed by atoms with Gasteiger partial charge in [-0.15, -0.1) is 6.58 Å². The topological polar surface area (TPSA) is 35.5 Å². The van der Waals surface area contributed by atoms with Crippen LogP contribution in [-0.2, 0) is 6.42 Å². The number of ether oxygens (including phenoxy) is 2. The molecule has 3 heteroatoms. The van der Waals surface area contributed by atoms with Gasteiger partial charge in [0.1, 0.15) is 11.5 Å². The third-order valence-electron chi connectivity index (χ3n) is 3.63. The van der Waals surface area contributed by atoms with Gasteiger partial charge < -0.3 is 9.47 Å². The summed E-state index contributed by atoms with van der Waals surface area (Å²) in [6.07, 6.45) is 5.87. The van der Waals surface area contributed by atoms with Crippen molar-refractivity contribution in [2.75, 3.05) is 6.61 Å². The van der Waals surface area contributed by atoms with Crippen molar-refractivity contribution in [3.63, 3.8) is 0 Å². The first kappa shape index (κ1) is 17.8. The van der Waals surface area contributed by atoms with Gasteiger partial charge in [0.15, 0.2) is 0 Å². The molecule has 0 aliphatic rings. The predicted octanol–water partition coefficient (Wildman–Crippen LogP) is 5.20. The fourth-order valence-corrected chi connectivity index (χ4v) is 2.18. The molecule has 2 rings (SSSR count). The maximum Gasteiger partial charge on any atom is 0.343 e. The van der Waals surface area contributed by atoms with Gasteiger partial charge in [-0.2, -0.15) is 0 Å². The van der Waals surface area contributed by atoms with E-state index in [0.717, 1.165) is 31.4 Å². The Morgan fingerprint density at radius 3 is 2.33 bits per heavy atom. The Kier molecular flexibility index (Phi) is 7.09. The van der Waals surface area contributed by atoms with E-state index in [0.29, 0.717) is 17.9 Å². The van der Waals surface area contributed by atoms with Crippen molar-refractivity contribution in [1.29, 1.82) is 0 Å². The number of hydrogen-bond acceptors (Lipinski definition) is 3. The molecule has 0 N–H and O–H groups in total. The van der Waals surface area contributed by atoms with Crippen LogP contribution in [0.3, 0.4) is 0 Å². The Balaban J connectivity index is 1.90. The van der Waals surface area contributed by atoms with Crippen molar-refractivity contribution in [2.24, 2.45) is 0 Å². The highest BCUT2D eigenvalue weighted by atomic mass is 16.5. The van der Waals surface area contributed by atoms with E-state index in [9.17, 15) is 4.79 Å². The van der Waals surface area contributed by atoms with E-state index < -0.39 is 0 Å². The molecule has 0 spiro atoms. The summed E-state index contributed by atoms with van der Waals surface area (Å²) in [4.78, 5) is 12.2. The normalized spacial score (nSPS) is 10.2. The molecule has 0 unspecified atom stereocenters. The van der Waals surface area contributed by atoms with Gasteiger partial charge in [0.2, 0.25) is 0 Å². The highest BCUT2D eigenvalue weighted by molar-refractivity contribution is 5.91. The van der Waals surface area contributed by atoms with Crippen LogP contribution in [0, 0.1) is 0 Å². The summed E-state index contributed by atoms with van der Waals surface area (Å²) in [6, 6.07) is 14.6. The average Bonchev–Trinajstić information content (AvgIpc) is 2.62. The Morgan fingerprint density at radius 1 is 1.04 bits per heavy atom. The Hall–Kier alpha value is -2.55. The monoisotopic (exact) mass is 324 g/mol. The van der Waals surface area contributed by atoms with Crippen LogP contribution in [0.25, 0.3) is 0 Å². The van der Waals surface area contributed by atoms with Crippen LogP contribution in [0.1, 0.15) is 42.1 Å². The molecular formula is C21H24O3. The molecule has 0 saturated heterocycles. The zero-order chi connectivity index (χ0) is 17.2. The van der Waals surface area contributed by atoms with Crippen LogP contribution in [0.5, 0.6) is 11.5 Å². The number of carbonyl (C=O) groups excluding carboxylic acids is 1. The van der Waals surface area contributed by atoms with Crippen molar-refractivity contribution in [3.05, 3.63) is 72.3 Å². The second kappa shape index (κ2) is 9.56. The molecule has 0 atom stereocenters. The summed E-state index contributed by atoms with van der Waals surface area (Å²) in [7, 11) is 0.